The van der Waals surface area contributed by atoms with E-state index in [1.54, 1.807) is 14.2 Å². The number of halogens is 1. The van der Waals surface area contributed by atoms with Crippen molar-refractivity contribution in [2.24, 2.45) is 0 Å². The zero-order valence-electron chi connectivity index (χ0n) is 15.2. The first-order valence-corrected chi connectivity index (χ1v) is 10.6. The van der Waals surface area contributed by atoms with Crippen molar-refractivity contribution in [1.82, 2.24) is 4.90 Å². The van der Waals surface area contributed by atoms with Gasteiger partial charge in [0.1, 0.15) is 0 Å². The number of benzene rings is 2. The van der Waals surface area contributed by atoms with Gasteiger partial charge in [0.05, 0.1) is 20.3 Å². The van der Waals surface area contributed by atoms with Gasteiger partial charge >= 0.3 is 0 Å². The van der Waals surface area contributed by atoms with Gasteiger partial charge in [-0.25, -0.2) is 0 Å². The molecule has 0 radical (unpaired) electrons. The average Bonchev–Trinajstić information content (AvgIpc) is 3.20. The molecule has 138 valence electrons. The third kappa shape index (κ3) is 3.30. The van der Waals surface area contributed by atoms with Crippen LogP contribution in [0.4, 0.5) is 0 Å². The number of nitrogens with zero attached hydrogens (tertiary/aromatic N) is 1. The van der Waals surface area contributed by atoms with Gasteiger partial charge in [-0.05, 0) is 59.6 Å². The van der Waals surface area contributed by atoms with Crippen molar-refractivity contribution in [1.29, 1.82) is 0 Å². The Morgan fingerprint density at radius 2 is 1.92 bits per heavy atom. The molecule has 5 heteroatoms. The van der Waals surface area contributed by atoms with E-state index in [-0.39, 0.29) is 6.04 Å². The van der Waals surface area contributed by atoms with Crippen LogP contribution in [0.15, 0.2) is 36.4 Å². The molecule has 0 N–H and O–H groups in total. The predicted molar refractivity (Wildman–Crippen MR) is 109 cm³/mol. The summed E-state index contributed by atoms with van der Waals surface area (Å²) in [6, 6.07) is 13.4. The number of ether oxygens (including phenoxy) is 2. The number of fused-ring (bicyclic) bond motifs is 1. The summed E-state index contributed by atoms with van der Waals surface area (Å²) in [7, 11) is 3.40. The van der Waals surface area contributed by atoms with Crippen LogP contribution in [0.5, 0.6) is 11.5 Å². The molecule has 0 saturated carbocycles. The summed E-state index contributed by atoms with van der Waals surface area (Å²) < 4.78 is 11.1. The summed E-state index contributed by atoms with van der Waals surface area (Å²) in [5.74, 6) is 4.06. The molecule has 3 nitrogen and oxygen atoms in total. The van der Waals surface area contributed by atoms with Gasteiger partial charge in [0.25, 0.3) is 0 Å². The Balaban J connectivity index is 1.84. The van der Waals surface area contributed by atoms with E-state index in [0.717, 1.165) is 29.5 Å². The second kappa shape index (κ2) is 7.71. The topological polar surface area (TPSA) is 21.7 Å². The molecule has 2 aromatic rings. The Bertz CT molecular complexity index is 792. The molecule has 2 aliphatic rings. The molecular formula is C21H24ClNO2S. The number of hydrogen-bond donors (Lipinski definition) is 0. The van der Waals surface area contributed by atoms with E-state index >= 15 is 0 Å². The summed E-state index contributed by atoms with van der Waals surface area (Å²) in [5, 5.41) is 0.788. The van der Waals surface area contributed by atoms with Crippen molar-refractivity contribution in [2.45, 2.75) is 24.9 Å². The molecule has 26 heavy (non-hydrogen) atoms. The fourth-order valence-electron chi connectivity index (χ4n) is 4.19. The quantitative estimate of drug-likeness (QED) is 0.747. The summed E-state index contributed by atoms with van der Waals surface area (Å²) in [5.41, 5.74) is 3.91. The Kier molecular flexibility index (Phi) is 5.35. The Hall–Kier alpha value is -1.36. The Morgan fingerprint density at radius 1 is 1.12 bits per heavy atom. The molecule has 0 spiro atoms. The van der Waals surface area contributed by atoms with E-state index in [0.29, 0.717) is 6.04 Å². The van der Waals surface area contributed by atoms with Gasteiger partial charge in [-0.2, -0.15) is 11.8 Å². The van der Waals surface area contributed by atoms with Crippen LogP contribution in [-0.2, 0) is 6.42 Å². The Morgan fingerprint density at radius 3 is 2.62 bits per heavy atom. The van der Waals surface area contributed by atoms with E-state index in [1.165, 1.54) is 34.6 Å². The number of rotatable bonds is 4. The van der Waals surface area contributed by atoms with Crippen molar-refractivity contribution in [3.63, 3.8) is 0 Å². The van der Waals surface area contributed by atoms with Gasteiger partial charge in [0.15, 0.2) is 11.5 Å². The Labute approximate surface area is 164 Å². The first-order chi connectivity index (χ1) is 12.7. The molecule has 0 unspecified atom stereocenters. The van der Waals surface area contributed by atoms with E-state index in [2.05, 4.69) is 40.9 Å². The van der Waals surface area contributed by atoms with Gasteiger partial charge in [0.2, 0.25) is 0 Å². The standard InChI is InChI=1S/C21H24ClNO2S/c1-24-19-11-14-6-8-23(17-7-9-26-13-17)21(18(14)12-20(19)25-2)15-4-3-5-16(22)10-15/h3-5,10-12,17,21H,6-9,13H2,1-2H3/t17-,21+/m0/s1. The maximum atomic E-state index is 6.34. The lowest BCUT2D eigenvalue weighted by molar-refractivity contribution is 0.159. The minimum atomic E-state index is 0.209. The summed E-state index contributed by atoms with van der Waals surface area (Å²) in [6.07, 6.45) is 2.29. The summed E-state index contributed by atoms with van der Waals surface area (Å²) in [6.45, 7) is 1.06. The van der Waals surface area contributed by atoms with Crippen LogP contribution in [0, 0.1) is 0 Å². The second-order valence-electron chi connectivity index (χ2n) is 6.87. The highest BCUT2D eigenvalue weighted by atomic mass is 35.5. The molecule has 2 aliphatic heterocycles. The van der Waals surface area contributed by atoms with E-state index in [9.17, 15) is 0 Å². The third-order valence-electron chi connectivity index (χ3n) is 5.45. The highest BCUT2D eigenvalue weighted by molar-refractivity contribution is 7.99. The SMILES string of the molecule is COc1cc2c(cc1OC)[C@@H](c1cccc(Cl)c1)N([C@H]1CCSC1)CC2. The predicted octanol–water partition coefficient (Wildman–Crippen LogP) is 4.81. The number of thioether (sulfide) groups is 1. The molecule has 2 aromatic carbocycles. The smallest absolute Gasteiger partial charge is 0.161 e. The zero-order chi connectivity index (χ0) is 18.1. The van der Waals surface area contributed by atoms with Crippen LogP contribution in [0.25, 0.3) is 0 Å². The average molecular weight is 390 g/mol. The van der Waals surface area contributed by atoms with Crippen LogP contribution in [0.1, 0.15) is 29.2 Å². The molecule has 0 bridgehead atoms. The van der Waals surface area contributed by atoms with Gasteiger partial charge in [0, 0.05) is 23.4 Å². The minimum absolute atomic E-state index is 0.209. The molecule has 0 aliphatic carbocycles. The van der Waals surface area contributed by atoms with Crippen LogP contribution in [0.3, 0.4) is 0 Å². The molecular weight excluding hydrogens is 366 g/mol. The van der Waals surface area contributed by atoms with Crippen LogP contribution in [0.2, 0.25) is 5.02 Å². The van der Waals surface area contributed by atoms with E-state index < -0.39 is 0 Å². The zero-order valence-corrected chi connectivity index (χ0v) is 16.8. The molecule has 0 amide bonds. The molecule has 1 saturated heterocycles. The van der Waals surface area contributed by atoms with Gasteiger partial charge in [-0.1, -0.05) is 23.7 Å². The maximum absolute atomic E-state index is 6.34. The second-order valence-corrected chi connectivity index (χ2v) is 8.46. The fraction of sp³-hybridized carbons (Fsp3) is 0.429. The van der Waals surface area contributed by atoms with E-state index in [1.807, 2.05) is 12.1 Å². The molecule has 2 atom stereocenters. The lowest BCUT2D eigenvalue weighted by Gasteiger charge is -2.41. The van der Waals surface area contributed by atoms with Crippen LogP contribution >= 0.6 is 23.4 Å². The number of hydrogen-bond acceptors (Lipinski definition) is 4. The normalized spacial score (nSPS) is 22.9. The lowest BCUT2D eigenvalue weighted by Crippen LogP contribution is -2.43. The third-order valence-corrected chi connectivity index (χ3v) is 6.83. The van der Waals surface area contributed by atoms with Crippen LogP contribution in [-0.4, -0.2) is 43.2 Å². The van der Waals surface area contributed by atoms with Crippen molar-refractivity contribution in [3.05, 3.63) is 58.1 Å². The van der Waals surface area contributed by atoms with Crippen molar-refractivity contribution < 1.29 is 9.47 Å². The highest BCUT2D eigenvalue weighted by Crippen LogP contribution is 2.43. The molecule has 4 rings (SSSR count). The van der Waals surface area contributed by atoms with Crippen LogP contribution < -0.4 is 9.47 Å². The van der Waals surface area contributed by atoms with Crippen molar-refractivity contribution in [2.75, 3.05) is 32.3 Å². The largest absolute Gasteiger partial charge is 0.493 e. The van der Waals surface area contributed by atoms with Crippen molar-refractivity contribution in [3.8, 4) is 11.5 Å². The highest BCUT2D eigenvalue weighted by Gasteiger charge is 2.35. The first-order valence-electron chi connectivity index (χ1n) is 9.05. The van der Waals surface area contributed by atoms with Crippen molar-refractivity contribution >= 4 is 23.4 Å². The summed E-state index contributed by atoms with van der Waals surface area (Å²) in [4.78, 5) is 2.67. The lowest BCUT2D eigenvalue weighted by atomic mass is 9.86. The molecule has 2 heterocycles. The minimum Gasteiger partial charge on any atom is -0.493 e. The van der Waals surface area contributed by atoms with Gasteiger partial charge < -0.3 is 9.47 Å². The summed E-state index contributed by atoms with van der Waals surface area (Å²) >= 11 is 8.40. The van der Waals surface area contributed by atoms with Gasteiger partial charge in [-0.3, -0.25) is 4.90 Å². The first kappa shape index (κ1) is 18.0. The molecule has 0 aromatic heterocycles. The monoisotopic (exact) mass is 389 g/mol. The van der Waals surface area contributed by atoms with Gasteiger partial charge in [-0.15, -0.1) is 0 Å². The molecule has 1 fully saturated rings. The number of methoxy groups -OCH3 is 2. The maximum Gasteiger partial charge on any atom is 0.161 e. The van der Waals surface area contributed by atoms with E-state index in [4.69, 9.17) is 21.1 Å². The fourth-order valence-corrected chi connectivity index (χ4v) is 5.62.